The fraction of sp³-hybridized carbons (Fsp3) is 0.444. The summed E-state index contributed by atoms with van der Waals surface area (Å²) in [4.78, 5) is 18.4. The van der Waals surface area contributed by atoms with Crippen LogP contribution in [0.3, 0.4) is 0 Å². The number of carbonyl (C=O) groups is 1. The van der Waals surface area contributed by atoms with Crippen molar-refractivity contribution < 1.29 is 9.53 Å². The summed E-state index contributed by atoms with van der Waals surface area (Å²) in [6, 6.07) is 15.7. The van der Waals surface area contributed by atoms with Crippen molar-refractivity contribution in [2.45, 2.75) is 46.0 Å². The molecule has 4 rings (SSSR count). The number of fused-ring (bicyclic) bond motifs is 1. The Hall–Kier alpha value is -2.79. The van der Waals surface area contributed by atoms with E-state index in [1.807, 2.05) is 36.4 Å². The largest absolute Gasteiger partial charge is 0.493 e. The van der Waals surface area contributed by atoms with Gasteiger partial charge in [0.1, 0.15) is 5.75 Å². The molecule has 1 saturated heterocycles. The molecule has 1 aliphatic rings. The Morgan fingerprint density at radius 2 is 1.88 bits per heavy atom. The van der Waals surface area contributed by atoms with E-state index >= 15 is 0 Å². The number of hydrogen-bond donors (Lipinski definition) is 2. The Morgan fingerprint density at radius 1 is 1.12 bits per heavy atom. The summed E-state index contributed by atoms with van der Waals surface area (Å²) in [5.74, 6) is 1.31. The first kappa shape index (κ1) is 22.4. The van der Waals surface area contributed by atoms with Gasteiger partial charge in [0, 0.05) is 29.3 Å². The van der Waals surface area contributed by atoms with Crippen molar-refractivity contribution in [3.05, 3.63) is 60.3 Å². The minimum atomic E-state index is -0.0344. The predicted octanol–water partition coefficient (Wildman–Crippen LogP) is 5.80. The zero-order valence-corrected chi connectivity index (χ0v) is 19.5. The Balaban J connectivity index is 1.35. The third kappa shape index (κ3) is 5.92. The number of benzene rings is 2. The lowest BCUT2D eigenvalue weighted by molar-refractivity contribution is -0.116. The van der Waals surface area contributed by atoms with Crippen LogP contribution in [0.2, 0.25) is 0 Å². The van der Waals surface area contributed by atoms with Gasteiger partial charge in [0.2, 0.25) is 5.91 Å². The van der Waals surface area contributed by atoms with Gasteiger partial charge in [-0.2, -0.15) is 0 Å². The SMILES string of the molecule is CC(C)(C)CN1CCC(c2c[nH]c3ccc(NC(=O)CCOc4ccccc4)cc23)CC1. The molecule has 1 aromatic heterocycles. The Labute approximate surface area is 191 Å². The first-order chi connectivity index (χ1) is 15.4. The summed E-state index contributed by atoms with van der Waals surface area (Å²) in [6.07, 6.45) is 4.83. The molecule has 0 unspecified atom stereocenters. The van der Waals surface area contributed by atoms with Gasteiger partial charge in [-0.15, -0.1) is 0 Å². The minimum absolute atomic E-state index is 0.0344. The number of nitrogens with zero attached hydrogens (tertiary/aromatic N) is 1. The van der Waals surface area contributed by atoms with Gasteiger partial charge in [0.05, 0.1) is 13.0 Å². The summed E-state index contributed by atoms with van der Waals surface area (Å²) in [5.41, 5.74) is 3.68. The summed E-state index contributed by atoms with van der Waals surface area (Å²) in [7, 11) is 0. The van der Waals surface area contributed by atoms with Gasteiger partial charge < -0.3 is 19.9 Å². The highest BCUT2D eigenvalue weighted by atomic mass is 16.5. The fourth-order valence-electron chi connectivity index (χ4n) is 4.63. The van der Waals surface area contributed by atoms with E-state index in [0.29, 0.717) is 24.4 Å². The number of likely N-dealkylation sites (tertiary alicyclic amines) is 1. The molecule has 0 saturated carbocycles. The summed E-state index contributed by atoms with van der Waals surface area (Å²) in [5, 5.41) is 4.25. The topological polar surface area (TPSA) is 57.4 Å². The second-order valence-corrected chi connectivity index (χ2v) is 10.1. The predicted molar refractivity (Wildman–Crippen MR) is 131 cm³/mol. The van der Waals surface area contributed by atoms with Gasteiger partial charge in [-0.3, -0.25) is 4.79 Å². The summed E-state index contributed by atoms with van der Waals surface area (Å²) < 4.78 is 5.64. The van der Waals surface area contributed by atoms with E-state index in [1.54, 1.807) is 0 Å². The van der Waals surface area contributed by atoms with Crippen molar-refractivity contribution in [3.8, 4) is 5.75 Å². The molecule has 0 atom stereocenters. The number of aromatic nitrogens is 1. The molecule has 3 aromatic rings. The summed E-state index contributed by atoms with van der Waals surface area (Å²) in [6.45, 7) is 10.7. The highest BCUT2D eigenvalue weighted by Gasteiger charge is 2.25. The maximum absolute atomic E-state index is 12.4. The van der Waals surface area contributed by atoms with Crippen LogP contribution in [0.4, 0.5) is 5.69 Å². The number of H-pyrrole nitrogens is 1. The van der Waals surface area contributed by atoms with Crippen molar-refractivity contribution >= 4 is 22.5 Å². The summed E-state index contributed by atoms with van der Waals surface area (Å²) >= 11 is 0. The normalized spacial score (nSPS) is 15.7. The molecule has 2 heterocycles. The molecule has 5 heteroatoms. The standard InChI is InChI=1S/C27H35N3O2/c1-27(2,3)19-30-14-11-20(12-15-30)24-18-28-25-10-9-21(17-23(24)25)29-26(31)13-16-32-22-7-5-4-6-8-22/h4-10,17-18,20,28H,11-16,19H2,1-3H3,(H,29,31). The number of anilines is 1. The number of aromatic amines is 1. The monoisotopic (exact) mass is 433 g/mol. The van der Waals surface area contributed by atoms with Crippen LogP contribution in [-0.2, 0) is 4.79 Å². The number of hydrogen-bond acceptors (Lipinski definition) is 3. The lowest BCUT2D eigenvalue weighted by atomic mass is 9.87. The Morgan fingerprint density at radius 3 is 2.59 bits per heavy atom. The number of nitrogens with one attached hydrogen (secondary N) is 2. The van der Waals surface area contributed by atoms with Crippen LogP contribution in [0.25, 0.3) is 10.9 Å². The average molecular weight is 434 g/mol. The van der Waals surface area contributed by atoms with E-state index < -0.39 is 0 Å². The van der Waals surface area contributed by atoms with E-state index in [-0.39, 0.29) is 5.91 Å². The molecular weight excluding hydrogens is 398 g/mol. The molecule has 5 nitrogen and oxygen atoms in total. The van der Waals surface area contributed by atoms with Crippen LogP contribution in [0, 0.1) is 5.41 Å². The number of para-hydroxylation sites is 1. The van der Waals surface area contributed by atoms with Crippen molar-refractivity contribution in [2.24, 2.45) is 5.41 Å². The molecule has 0 radical (unpaired) electrons. The molecule has 0 aliphatic carbocycles. The zero-order chi connectivity index (χ0) is 22.6. The highest BCUT2D eigenvalue weighted by molar-refractivity contribution is 5.94. The van der Waals surface area contributed by atoms with Gasteiger partial charge >= 0.3 is 0 Å². The first-order valence-corrected chi connectivity index (χ1v) is 11.7. The Kier molecular flexibility index (Phi) is 6.85. The minimum Gasteiger partial charge on any atom is -0.493 e. The number of carbonyl (C=O) groups excluding carboxylic acids is 1. The zero-order valence-electron chi connectivity index (χ0n) is 19.5. The molecule has 1 fully saturated rings. The second kappa shape index (κ2) is 9.78. The number of ether oxygens (including phenoxy) is 1. The fourth-order valence-corrected chi connectivity index (χ4v) is 4.63. The van der Waals surface area contributed by atoms with Gasteiger partial charge in [0.15, 0.2) is 0 Å². The van der Waals surface area contributed by atoms with E-state index in [2.05, 4.69) is 54.3 Å². The van der Waals surface area contributed by atoms with Crippen molar-refractivity contribution in [1.29, 1.82) is 0 Å². The maximum Gasteiger partial charge on any atom is 0.227 e. The van der Waals surface area contributed by atoms with Crippen LogP contribution in [0.5, 0.6) is 5.75 Å². The number of amides is 1. The van der Waals surface area contributed by atoms with Crippen LogP contribution in [0.1, 0.15) is 51.5 Å². The van der Waals surface area contributed by atoms with Gasteiger partial charge in [-0.05, 0) is 73.2 Å². The van der Waals surface area contributed by atoms with Gasteiger partial charge in [-0.25, -0.2) is 0 Å². The molecular formula is C27H35N3O2. The van der Waals surface area contributed by atoms with Crippen LogP contribution < -0.4 is 10.1 Å². The van der Waals surface area contributed by atoms with Gasteiger partial charge in [-0.1, -0.05) is 39.0 Å². The van der Waals surface area contributed by atoms with Crippen molar-refractivity contribution in [2.75, 3.05) is 31.6 Å². The van der Waals surface area contributed by atoms with Crippen molar-refractivity contribution in [1.82, 2.24) is 9.88 Å². The van der Waals surface area contributed by atoms with E-state index in [4.69, 9.17) is 4.74 Å². The van der Waals surface area contributed by atoms with E-state index in [9.17, 15) is 4.79 Å². The molecule has 0 spiro atoms. The average Bonchev–Trinajstić information content (AvgIpc) is 3.17. The van der Waals surface area contributed by atoms with Gasteiger partial charge in [0.25, 0.3) is 0 Å². The molecule has 2 N–H and O–H groups in total. The molecule has 2 aromatic carbocycles. The number of rotatable bonds is 7. The second-order valence-electron chi connectivity index (χ2n) is 10.1. The third-order valence-electron chi connectivity index (χ3n) is 6.06. The quantitative estimate of drug-likeness (QED) is 0.495. The highest BCUT2D eigenvalue weighted by Crippen LogP contribution is 2.35. The van der Waals surface area contributed by atoms with Crippen molar-refractivity contribution in [3.63, 3.8) is 0 Å². The number of piperidine rings is 1. The molecule has 32 heavy (non-hydrogen) atoms. The molecule has 170 valence electrons. The van der Waals surface area contributed by atoms with Crippen LogP contribution >= 0.6 is 0 Å². The smallest absolute Gasteiger partial charge is 0.227 e. The lowest BCUT2D eigenvalue weighted by Gasteiger charge is -2.36. The maximum atomic E-state index is 12.4. The Bertz CT molecular complexity index is 1030. The van der Waals surface area contributed by atoms with E-state index in [0.717, 1.165) is 36.6 Å². The van der Waals surface area contributed by atoms with Crippen LogP contribution in [0.15, 0.2) is 54.7 Å². The molecule has 0 bridgehead atoms. The van der Waals surface area contributed by atoms with Crippen LogP contribution in [-0.4, -0.2) is 42.0 Å². The lowest BCUT2D eigenvalue weighted by Crippen LogP contribution is -2.38. The molecule has 1 amide bonds. The van der Waals surface area contributed by atoms with E-state index in [1.165, 1.54) is 23.8 Å². The third-order valence-corrected chi connectivity index (χ3v) is 6.06. The molecule has 1 aliphatic heterocycles. The first-order valence-electron chi connectivity index (χ1n) is 11.7.